The van der Waals surface area contributed by atoms with E-state index in [1.165, 1.54) is 0 Å². The van der Waals surface area contributed by atoms with Gasteiger partial charge < -0.3 is 10.1 Å². The molecule has 115 valence electrons. The zero-order valence-electron chi connectivity index (χ0n) is 12.9. The first kappa shape index (κ1) is 17.3. The molecule has 0 spiro atoms. The molecule has 0 fully saturated rings. The van der Waals surface area contributed by atoms with E-state index in [0.717, 1.165) is 43.5 Å². The molecule has 0 atom stereocenters. The molecule has 0 unspecified atom stereocenters. The van der Waals surface area contributed by atoms with E-state index >= 15 is 0 Å². The van der Waals surface area contributed by atoms with Gasteiger partial charge in [0.2, 0.25) is 5.91 Å². The third kappa shape index (κ3) is 8.18. The summed E-state index contributed by atoms with van der Waals surface area (Å²) in [6.07, 6.45) is 8.25. The quantitative estimate of drug-likeness (QED) is 0.661. The lowest BCUT2D eigenvalue weighted by Gasteiger charge is -2.07. The van der Waals surface area contributed by atoms with Gasteiger partial charge in [0.1, 0.15) is 5.75 Å². The molecule has 1 radical (unpaired) electrons. The molecule has 1 aromatic carbocycles. The fraction of sp³-hybridized carbons (Fsp3) is 0.444. The monoisotopic (exact) mass is 288 g/mol. The van der Waals surface area contributed by atoms with E-state index in [1.807, 2.05) is 36.4 Å². The number of carbonyl (C=O) groups is 1. The fourth-order valence-corrected chi connectivity index (χ4v) is 1.81. The minimum Gasteiger partial charge on any atom is -0.494 e. The highest BCUT2D eigenvalue weighted by molar-refractivity contribution is 5.75. The van der Waals surface area contributed by atoms with Crippen LogP contribution >= 0.6 is 0 Å². The lowest BCUT2D eigenvalue weighted by molar-refractivity contribution is -0.121. The average Bonchev–Trinajstić information content (AvgIpc) is 2.51. The maximum absolute atomic E-state index is 11.5. The van der Waals surface area contributed by atoms with Crippen LogP contribution in [0.25, 0.3) is 6.08 Å². The van der Waals surface area contributed by atoms with Crippen LogP contribution in [0.15, 0.2) is 30.3 Å². The first-order chi connectivity index (χ1) is 10.3. The Morgan fingerprint density at radius 1 is 1.29 bits per heavy atom. The second-order valence-electron chi connectivity index (χ2n) is 4.92. The van der Waals surface area contributed by atoms with Crippen molar-refractivity contribution < 1.29 is 9.53 Å². The summed E-state index contributed by atoms with van der Waals surface area (Å²) in [5, 5.41) is 2.90. The van der Waals surface area contributed by atoms with Crippen LogP contribution in [0.5, 0.6) is 5.75 Å². The number of hydrogen-bond donors (Lipinski definition) is 1. The molecule has 21 heavy (non-hydrogen) atoms. The molecule has 0 aliphatic rings. The summed E-state index contributed by atoms with van der Waals surface area (Å²) < 4.78 is 5.63. The van der Waals surface area contributed by atoms with Gasteiger partial charge in [-0.2, -0.15) is 0 Å². The van der Waals surface area contributed by atoms with Crippen molar-refractivity contribution in [3.8, 4) is 5.75 Å². The van der Waals surface area contributed by atoms with Gasteiger partial charge in [0.25, 0.3) is 0 Å². The summed E-state index contributed by atoms with van der Waals surface area (Å²) in [5.74, 6) is 0.953. The molecule has 0 aliphatic heterocycles. The van der Waals surface area contributed by atoms with E-state index in [4.69, 9.17) is 4.74 Å². The lowest BCUT2D eigenvalue weighted by atomic mass is 10.2. The summed E-state index contributed by atoms with van der Waals surface area (Å²) in [4.78, 5) is 11.5. The number of ether oxygens (including phenoxy) is 1. The molecule has 1 aromatic rings. The number of amides is 1. The predicted octanol–water partition coefficient (Wildman–Crippen LogP) is 4.00. The second kappa shape index (κ2) is 11.0. The third-order valence-electron chi connectivity index (χ3n) is 3.03. The molecule has 0 aromatic heterocycles. The van der Waals surface area contributed by atoms with Gasteiger partial charge in [0.15, 0.2) is 0 Å². The van der Waals surface area contributed by atoms with Crippen LogP contribution in [0.2, 0.25) is 0 Å². The summed E-state index contributed by atoms with van der Waals surface area (Å²) in [6.45, 7) is 7.21. The minimum absolute atomic E-state index is 0.112. The van der Waals surface area contributed by atoms with Crippen molar-refractivity contribution in [2.45, 2.75) is 39.0 Å². The number of nitrogens with one attached hydrogen (secondary N) is 1. The Labute approximate surface area is 128 Å². The molecule has 0 bridgehead atoms. The van der Waals surface area contributed by atoms with Gasteiger partial charge in [-0.15, -0.1) is 0 Å². The summed E-state index contributed by atoms with van der Waals surface area (Å²) in [6, 6.07) is 7.92. The van der Waals surface area contributed by atoms with E-state index in [-0.39, 0.29) is 5.91 Å². The average molecular weight is 288 g/mol. The van der Waals surface area contributed by atoms with Gasteiger partial charge in [0, 0.05) is 13.0 Å². The Morgan fingerprint density at radius 2 is 2.05 bits per heavy atom. The van der Waals surface area contributed by atoms with Crippen molar-refractivity contribution in [1.29, 1.82) is 0 Å². The number of rotatable bonds is 10. The molecule has 3 heteroatoms. The summed E-state index contributed by atoms with van der Waals surface area (Å²) in [7, 11) is 0. The van der Waals surface area contributed by atoms with E-state index in [1.54, 1.807) is 0 Å². The fourth-order valence-electron chi connectivity index (χ4n) is 1.81. The van der Waals surface area contributed by atoms with Crippen LogP contribution in [0.1, 0.15) is 44.6 Å². The Balaban J connectivity index is 2.17. The zero-order valence-corrected chi connectivity index (χ0v) is 12.9. The molecule has 1 N–H and O–H groups in total. The molecule has 0 heterocycles. The van der Waals surface area contributed by atoms with Gasteiger partial charge in [-0.25, -0.2) is 0 Å². The Kier molecular flexibility index (Phi) is 9.01. The lowest BCUT2D eigenvalue weighted by Crippen LogP contribution is -2.24. The van der Waals surface area contributed by atoms with Crippen molar-refractivity contribution in [2.75, 3.05) is 13.2 Å². The highest BCUT2D eigenvalue weighted by Crippen LogP contribution is 2.13. The largest absolute Gasteiger partial charge is 0.494 e. The molecule has 0 aliphatic carbocycles. The Bertz CT molecular complexity index is 423. The number of benzene rings is 1. The number of unbranched alkanes of at least 4 members (excludes halogenated alkanes) is 1. The molecule has 3 nitrogen and oxygen atoms in total. The Morgan fingerprint density at radius 3 is 2.71 bits per heavy atom. The zero-order chi connectivity index (χ0) is 15.3. The highest BCUT2D eigenvalue weighted by Gasteiger charge is 2.00. The standard InChI is InChI=1S/C18H26NO2/c1-3-5-8-16-10-12-17(13-11-16)21-15-7-9-18(20)19-14-6-4-2/h5,8,10-13H,1,3-4,6-7,9,14-15H2,2H3,(H,19,20). The van der Waals surface area contributed by atoms with Gasteiger partial charge >= 0.3 is 0 Å². The van der Waals surface area contributed by atoms with Crippen LogP contribution in [0, 0.1) is 6.92 Å². The van der Waals surface area contributed by atoms with Crippen LogP contribution < -0.4 is 10.1 Å². The first-order valence-electron chi connectivity index (χ1n) is 7.71. The normalized spacial score (nSPS) is 10.8. The van der Waals surface area contributed by atoms with Gasteiger partial charge in [-0.3, -0.25) is 4.79 Å². The minimum atomic E-state index is 0.112. The van der Waals surface area contributed by atoms with E-state index in [0.29, 0.717) is 13.0 Å². The van der Waals surface area contributed by atoms with Crippen molar-refractivity contribution in [3.63, 3.8) is 0 Å². The molecule has 1 amide bonds. The summed E-state index contributed by atoms with van der Waals surface area (Å²) >= 11 is 0. The van der Waals surface area contributed by atoms with E-state index < -0.39 is 0 Å². The number of allylic oxidation sites excluding steroid dienone is 1. The van der Waals surface area contributed by atoms with Crippen molar-refractivity contribution in [3.05, 3.63) is 42.8 Å². The SMILES string of the molecule is [CH2]CC=Cc1ccc(OCCCC(=O)NCCCC)cc1. The van der Waals surface area contributed by atoms with Crippen molar-refractivity contribution in [1.82, 2.24) is 5.32 Å². The third-order valence-corrected chi connectivity index (χ3v) is 3.03. The smallest absolute Gasteiger partial charge is 0.220 e. The van der Waals surface area contributed by atoms with Crippen LogP contribution in [0.3, 0.4) is 0 Å². The van der Waals surface area contributed by atoms with Crippen LogP contribution in [0.4, 0.5) is 0 Å². The van der Waals surface area contributed by atoms with Gasteiger partial charge in [-0.1, -0.05) is 37.6 Å². The Hall–Kier alpha value is -1.77. The maximum atomic E-state index is 11.5. The molecule has 0 saturated heterocycles. The van der Waals surface area contributed by atoms with Crippen molar-refractivity contribution >= 4 is 12.0 Å². The molecule has 1 rings (SSSR count). The van der Waals surface area contributed by atoms with Crippen LogP contribution in [-0.2, 0) is 4.79 Å². The van der Waals surface area contributed by atoms with Crippen LogP contribution in [-0.4, -0.2) is 19.1 Å². The predicted molar refractivity (Wildman–Crippen MR) is 88.1 cm³/mol. The van der Waals surface area contributed by atoms with E-state index in [2.05, 4.69) is 19.2 Å². The summed E-state index contributed by atoms with van der Waals surface area (Å²) in [5.41, 5.74) is 1.14. The van der Waals surface area contributed by atoms with Gasteiger partial charge in [0.05, 0.1) is 6.61 Å². The molecule has 0 saturated carbocycles. The van der Waals surface area contributed by atoms with E-state index in [9.17, 15) is 4.79 Å². The molecular formula is C18H26NO2. The van der Waals surface area contributed by atoms with Gasteiger partial charge in [-0.05, 0) is 43.9 Å². The molecular weight excluding hydrogens is 262 g/mol. The topological polar surface area (TPSA) is 38.3 Å². The highest BCUT2D eigenvalue weighted by atomic mass is 16.5. The second-order valence-corrected chi connectivity index (χ2v) is 4.92. The number of hydrogen-bond acceptors (Lipinski definition) is 2. The maximum Gasteiger partial charge on any atom is 0.220 e. The van der Waals surface area contributed by atoms with Crippen molar-refractivity contribution in [2.24, 2.45) is 0 Å². The number of carbonyl (C=O) groups excluding carboxylic acids is 1. The first-order valence-corrected chi connectivity index (χ1v) is 7.71.